The van der Waals surface area contributed by atoms with Crippen LogP contribution in [0.2, 0.25) is 0 Å². The first-order valence-electron chi connectivity index (χ1n) is 6.25. The number of nitrogens with one attached hydrogen (secondary N) is 1. The van der Waals surface area contributed by atoms with Crippen LogP contribution in [0.25, 0.3) is 0 Å². The van der Waals surface area contributed by atoms with Crippen LogP contribution in [-0.4, -0.2) is 29.4 Å². The summed E-state index contributed by atoms with van der Waals surface area (Å²) < 4.78 is 5.16. The number of pyridine rings is 1. The van der Waals surface area contributed by atoms with Gasteiger partial charge in [0, 0.05) is 17.6 Å². The maximum absolute atomic E-state index is 12.3. The summed E-state index contributed by atoms with van der Waals surface area (Å²) >= 11 is 3.43. The molecule has 1 aromatic heterocycles. The van der Waals surface area contributed by atoms with E-state index in [9.17, 15) is 4.79 Å². The maximum Gasteiger partial charge on any atom is 0.255 e. The fourth-order valence-corrected chi connectivity index (χ4v) is 2.25. The largest absolute Gasteiger partial charge is 0.494 e. The zero-order chi connectivity index (χ0) is 14.5. The van der Waals surface area contributed by atoms with Gasteiger partial charge in [0.25, 0.3) is 5.91 Å². The predicted molar refractivity (Wildman–Crippen MR) is 79.9 cm³/mol. The topological polar surface area (TPSA) is 51.2 Å². The Balaban J connectivity index is 2.88. The third kappa shape index (κ3) is 4.49. The Bertz CT molecular complexity index is 430. The van der Waals surface area contributed by atoms with Crippen LogP contribution in [0.5, 0.6) is 5.75 Å². The quantitative estimate of drug-likeness (QED) is 0.845. The van der Waals surface area contributed by atoms with Gasteiger partial charge in [-0.05, 0) is 17.9 Å². The molecule has 0 saturated carbocycles. The molecule has 5 heteroatoms. The molecule has 0 spiro atoms. The van der Waals surface area contributed by atoms with Gasteiger partial charge in [-0.15, -0.1) is 0 Å². The highest BCUT2D eigenvalue weighted by Gasteiger charge is 2.26. The lowest BCUT2D eigenvalue weighted by Crippen LogP contribution is -2.44. The van der Waals surface area contributed by atoms with Gasteiger partial charge in [-0.3, -0.25) is 9.78 Å². The second-order valence-corrected chi connectivity index (χ2v) is 6.24. The number of nitrogens with zero attached hydrogens (tertiary/aromatic N) is 1. The normalized spacial score (nSPS) is 12.9. The summed E-state index contributed by atoms with van der Waals surface area (Å²) in [5, 5.41) is 3.92. The van der Waals surface area contributed by atoms with E-state index in [1.54, 1.807) is 18.5 Å². The Labute approximate surface area is 123 Å². The average molecular weight is 329 g/mol. The predicted octanol–water partition coefficient (Wildman–Crippen LogP) is 3.02. The van der Waals surface area contributed by atoms with Crippen molar-refractivity contribution in [2.45, 2.75) is 33.2 Å². The highest BCUT2D eigenvalue weighted by atomic mass is 79.9. The molecule has 1 N–H and O–H groups in total. The number of rotatable bonds is 5. The summed E-state index contributed by atoms with van der Waals surface area (Å²) in [4.78, 5) is 16.3. The molecule has 0 aromatic carbocycles. The summed E-state index contributed by atoms with van der Waals surface area (Å²) in [6.45, 7) is 6.35. The van der Waals surface area contributed by atoms with E-state index in [0.717, 1.165) is 11.8 Å². The lowest BCUT2D eigenvalue weighted by Gasteiger charge is -2.31. The summed E-state index contributed by atoms with van der Waals surface area (Å²) in [6, 6.07) is 1.76. The number of hydrogen-bond donors (Lipinski definition) is 1. The van der Waals surface area contributed by atoms with Crippen molar-refractivity contribution in [1.29, 1.82) is 0 Å². The zero-order valence-electron chi connectivity index (χ0n) is 11.9. The van der Waals surface area contributed by atoms with Crippen molar-refractivity contribution in [3.8, 4) is 5.75 Å². The molecule has 0 bridgehead atoms. The van der Waals surface area contributed by atoms with Crippen LogP contribution in [0.3, 0.4) is 0 Å². The molecule has 1 aromatic rings. The summed E-state index contributed by atoms with van der Waals surface area (Å²) in [5.74, 6) is 0.367. The molecule has 1 unspecified atom stereocenters. The number of carbonyl (C=O) groups is 1. The Kier molecular flexibility index (Phi) is 5.79. The number of methoxy groups -OCH3 is 1. The minimum atomic E-state index is -0.125. The number of amides is 1. The molecule has 0 aliphatic carbocycles. The minimum Gasteiger partial charge on any atom is -0.494 e. The molecule has 0 aliphatic heterocycles. The fourth-order valence-electron chi connectivity index (χ4n) is 1.80. The van der Waals surface area contributed by atoms with Crippen LogP contribution in [-0.2, 0) is 0 Å². The summed E-state index contributed by atoms with van der Waals surface area (Å²) in [6.07, 6.45) is 4.02. The first-order valence-corrected chi connectivity index (χ1v) is 7.37. The van der Waals surface area contributed by atoms with Gasteiger partial charge in [-0.2, -0.15) is 0 Å². The van der Waals surface area contributed by atoms with E-state index in [1.807, 2.05) is 0 Å². The Morgan fingerprint density at radius 2 is 2.21 bits per heavy atom. The Hall–Kier alpha value is -1.10. The molecule has 0 radical (unpaired) electrons. The molecule has 4 nitrogen and oxygen atoms in total. The molecule has 1 heterocycles. The minimum absolute atomic E-state index is 0.00367. The second kappa shape index (κ2) is 6.89. The maximum atomic E-state index is 12.3. The monoisotopic (exact) mass is 328 g/mol. The van der Waals surface area contributed by atoms with Crippen LogP contribution in [0.1, 0.15) is 37.6 Å². The van der Waals surface area contributed by atoms with Crippen molar-refractivity contribution in [2.24, 2.45) is 5.41 Å². The first kappa shape index (κ1) is 16.0. The molecule has 0 aliphatic rings. The van der Waals surface area contributed by atoms with Crippen molar-refractivity contribution in [3.63, 3.8) is 0 Å². The Morgan fingerprint density at radius 3 is 2.74 bits per heavy atom. The standard InChI is InChI=1S/C14H21BrN2O2/c1-14(2,3)12(5-7-15)17-13(18)10-6-8-16-9-11(10)19-4/h6,8-9,12H,5,7H2,1-4H3,(H,17,18). The summed E-state index contributed by atoms with van der Waals surface area (Å²) in [5.41, 5.74) is 0.519. The lowest BCUT2D eigenvalue weighted by molar-refractivity contribution is 0.0897. The van der Waals surface area contributed by atoms with Crippen molar-refractivity contribution < 1.29 is 9.53 Å². The molecule has 0 fully saturated rings. The molecule has 1 rings (SSSR count). The highest BCUT2D eigenvalue weighted by molar-refractivity contribution is 9.09. The SMILES string of the molecule is COc1cnccc1C(=O)NC(CCBr)C(C)(C)C. The molecule has 106 valence electrons. The highest BCUT2D eigenvalue weighted by Crippen LogP contribution is 2.24. The van der Waals surface area contributed by atoms with Crippen LogP contribution >= 0.6 is 15.9 Å². The van der Waals surface area contributed by atoms with Crippen molar-refractivity contribution >= 4 is 21.8 Å². The van der Waals surface area contributed by atoms with E-state index in [-0.39, 0.29) is 17.4 Å². The van der Waals surface area contributed by atoms with E-state index in [2.05, 4.69) is 47.0 Å². The smallest absolute Gasteiger partial charge is 0.255 e. The van der Waals surface area contributed by atoms with E-state index in [1.165, 1.54) is 7.11 Å². The summed E-state index contributed by atoms with van der Waals surface area (Å²) in [7, 11) is 1.54. The van der Waals surface area contributed by atoms with E-state index in [4.69, 9.17) is 4.74 Å². The number of ether oxygens (including phenoxy) is 1. The van der Waals surface area contributed by atoms with E-state index in [0.29, 0.717) is 11.3 Å². The van der Waals surface area contributed by atoms with Crippen molar-refractivity contribution in [2.75, 3.05) is 12.4 Å². The Morgan fingerprint density at radius 1 is 1.53 bits per heavy atom. The second-order valence-electron chi connectivity index (χ2n) is 5.45. The fraction of sp³-hybridized carbons (Fsp3) is 0.571. The van der Waals surface area contributed by atoms with Gasteiger partial charge in [0.1, 0.15) is 5.75 Å². The van der Waals surface area contributed by atoms with E-state index < -0.39 is 0 Å². The third-order valence-corrected chi connectivity index (χ3v) is 3.46. The van der Waals surface area contributed by atoms with Gasteiger partial charge in [-0.1, -0.05) is 36.7 Å². The van der Waals surface area contributed by atoms with Gasteiger partial charge in [-0.25, -0.2) is 0 Å². The van der Waals surface area contributed by atoms with Gasteiger partial charge in [0.15, 0.2) is 0 Å². The third-order valence-electron chi connectivity index (χ3n) is 3.00. The molecule has 0 saturated heterocycles. The molecule has 19 heavy (non-hydrogen) atoms. The zero-order valence-corrected chi connectivity index (χ0v) is 13.5. The number of aromatic nitrogens is 1. The number of halogens is 1. The molecular formula is C14H21BrN2O2. The number of alkyl halides is 1. The van der Waals surface area contributed by atoms with Gasteiger partial charge >= 0.3 is 0 Å². The first-order chi connectivity index (χ1) is 8.90. The molecule has 1 atom stereocenters. The van der Waals surface area contributed by atoms with Crippen molar-refractivity contribution in [3.05, 3.63) is 24.0 Å². The molecule has 1 amide bonds. The number of carbonyl (C=O) groups excluding carboxylic acids is 1. The van der Waals surface area contributed by atoms with Crippen molar-refractivity contribution in [1.82, 2.24) is 10.3 Å². The number of hydrogen-bond acceptors (Lipinski definition) is 3. The van der Waals surface area contributed by atoms with E-state index >= 15 is 0 Å². The van der Waals surface area contributed by atoms with Gasteiger partial charge in [0.05, 0.1) is 18.9 Å². The van der Waals surface area contributed by atoms with Crippen LogP contribution in [0, 0.1) is 5.41 Å². The van der Waals surface area contributed by atoms with Crippen LogP contribution < -0.4 is 10.1 Å². The van der Waals surface area contributed by atoms with Gasteiger partial charge < -0.3 is 10.1 Å². The van der Waals surface area contributed by atoms with Crippen LogP contribution in [0.4, 0.5) is 0 Å². The van der Waals surface area contributed by atoms with Crippen LogP contribution in [0.15, 0.2) is 18.5 Å². The lowest BCUT2D eigenvalue weighted by atomic mass is 9.85. The molecular weight excluding hydrogens is 308 g/mol. The van der Waals surface area contributed by atoms with Gasteiger partial charge in [0.2, 0.25) is 0 Å². The average Bonchev–Trinajstić information content (AvgIpc) is 2.37.